The van der Waals surface area contributed by atoms with E-state index >= 15 is 0 Å². The third kappa shape index (κ3) is 4.72. The van der Waals surface area contributed by atoms with Crippen LogP contribution in [0.25, 0.3) is 0 Å². The lowest BCUT2D eigenvalue weighted by molar-refractivity contribution is 0.191. The van der Waals surface area contributed by atoms with Crippen molar-refractivity contribution < 1.29 is 9.84 Å². The van der Waals surface area contributed by atoms with E-state index in [9.17, 15) is 5.11 Å². The molecule has 0 amide bonds. The van der Waals surface area contributed by atoms with Crippen LogP contribution in [0.2, 0.25) is 0 Å². The smallest absolute Gasteiger partial charge is 0.222 e. The molecule has 1 heterocycles. The van der Waals surface area contributed by atoms with Crippen LogP contribution in [0, 0.1) is 6.92 Å². The number of benzene rings is 1. The van der Waals surface area contributed by atoms with Crippen molar-refractivity contribution in [3.8, 4) is 5.75 Å². The summed E-state index contributed by atoms with van der Waals surface area (Å²) in [5, 5.41) is 13.2. The molecule has 2 aromatic rings. The van der Waals surface area contributed by atoms with E-state index in [0.717, 1.165) is 17.0 Å². The number of anilines is 1. The maximum atomic E-state index is 10.2. The van der Waals surface area contributed by atoms with Gasteiger partial charge in [-0.25, -0.2) is 9.97 Å². The quantitative estimate of drug-likeness (QED) is 0.855. The number of aliphatic hydroxyl groups is 1. The van der Waals surface area contributed by atoms with Crippen molar-refractivity contribution in [1.29, 1.82) is 0 Å². The molecule has 1 aromatic carbocycles. The first-order chi connectivity index (χ1) is 10.0. The monoisotopic (exact) mass is 287 g/mol. The number of hydrogen-bond donors (Lipinski definition) is 2. The van der Waals surface area contributed by atoms with Gasteiger partial charge in [-0.05, 0) is 44.5 Å². The molecule has 1 atom stereocenters. The number of aryl methyl sites for hydroxylation is 1. The van der Waals surface area contributed by atoms with E-state index in [1.165, 1.54) is 0 Å². The number of nitrogens with one attached hydrogen (secondary N) is 1. The molecular weight excluding hydrogens is 266 g/mol. The van der Waals surface area contributed by atoms with Gasteiger partial charge in [-0.3, -0.25) is 0 Å². The first kappa shape index (κ1) is 15.3. The third-order valence-electron chi connectivity index (χ3n) is 2.88. The highest BCUT2D eigenvalue weighted by Crippen LogP contribution is 2.19. The maximum Gasteiger partial charge on any atom is 0.222 e. The molecule has 1 aromatic heterocycles. The van der Waals surface area contributed by atoms with Gasteiger partial charge in [0.25, 0.3) is 0 Å². The molecule has 5 nitrogen and oxygen atoms in total. The Labute approximate surface area is 125 Å². The molecule has 0 aliphatic rings. The van der Waals surface area contributed by atoms with Crippen LogP contribution in [-0.4, -0.2) is 27.7 Å². The van der Waals surface area contributed by atoms with Gasteiger partial charge in [-0.1, -0.05) is 12.1 Å². The SMILES string of the molecule is Cc1ccnc(NCC(O)c2ccc(OC(C)C)cc2)n1. The molecule has 2 rings (SSSR count). The van der Waals surface area contributed by atoms with Crippen molar-refractivity contribution in [3.63, 3.8) is 0 Å². The average molecular weight is 287 g/mol. The van der Waals surface area contributed by atoms with E-state index in [1.54, 1.807) is 6.20 Å². The molecule has 5 heteroatoms. The first-order valence-corrected chi connectivity index (χ1v) is 7.03. The minimum absolute atomic E-state index is 0.140. The lowest BCUT2D eigenvalue weighted by Crippen LogP contribution is -2.14. The second kappa shape index (κ2) is 7.04. The van der Waals surface area contributed by atoms with Crippen LogP contribution in [0.5, 0.6) is 5.75 Å². The molecule has 1 unspecified atom stereocenters. The molecular formula is C16H21N3O2. The summed E-state index contributed by atoms with van der Waals surface area (Å²) in [6.45, 7) is 6.22. The van der Waals surface area contributed by atoms with Crippen LogP contribution in [0.3, 0.4) is 0 Å². The molecule has 21 heavy (non-hydrogen) atoms. The lowest BCUT2D eigenvalue weighted by atomic mass is 10.1. The number of ether oxygens (including phenoxy) is 1. The number of nitrogens with zero attached hydrogens (tertiary/aromatic N) is 2. The fraction of sp³-hybridized carbons (Fsp3) is 0.375. The number of aliphatic hydroxyl groups excluding tert-OH is 1. The molecule has 0 fully saturated rings. The van der Waals surface area contributed by atoms with E-state index in [2.05, 4.69) is 15.3 Å². The van der Waals surface area contributed by atoms with Crippen LogP contribution in [0.1, 0.15) is 31.2 Å². The standard InChI is InChI=1S/C16H21N3O2/c1-11(2)21-14-6-4-13(5-7-14)15(20)10-18-16-17-9-8-12(3)19-16/h4-9,11,15,20H,10H2,1-3H3,(H,17,18,19). The van der Waals surface area contributed by atoms with Crippen molar-refractivity contribution in [2.75, 3.05) is 11.9 Å². The second-order valence-electron chi connectivity index (χ2n) is 5.15. The molecule has 0 spiro atoms. The average Bonchev–Trinajstić information content (AvgIpc) is 2.45. The predicted octanol–water partition coefficient (Wildman–Crippen LogP) is 2.72. The van der Waals surface area contributed by atoms with Gasteiger partial charge in [0.15, 0.2) is 0 Å². The van der Waals surface area contributed by atoms with Crippen LogP contribution in [0.15, 0.2) is 36.5 Å². The predicted molar refractivity (Wildman–Crippen MR) is 82.4 cm³/mol. The Morgan fingerprint density at radius 3 is 2.52 bits per heavy atom. The highest BCUT2D eigenvalue weighted by Gasteiger charge is 2.08. The normalized spacial score (nSPS) is 12.2. The van der Waals surface area contributed by atoms with Gasteiger partial charge in [0.2, 0.25) is 5.95 Å². The van der Waals surface area contributed by atoms with E-state index in [0.29, 0.717) is 12.5 Å². The summed E-state index contributed by atoms with van der Waals surface area (Å²) in [6, 6.07) is 9.28. The maximum absolute atomic E-state index is 10.2. The Morgan fingerprint density at radius 1 is 1.19 bits per heavy atom. The van der Waals surface area contributed by atoms with Gasteiger partial charge in [-0.2, -0.15) is 0 Å². The Bertz CT molecular complexity index is 570. The Morgan fingerprint density at radius 2 is 1.90 bits per heavy atom. The van der Waals surface area contributed by atoms with Gasteiger partial charge < -0.3 is 15.2 Å². The van der Waals surface area contributed by atoms with Crippen molar-refractivity contribution >= 4 is 5.95 Å². The molecule has 0 radical (unpaired) electrons. The Balaban J connectivity index is 1.92. The highest BCUT2D eigenvalue weighted by atomic mass is 16.5. The number of rotatable bonds is 6. The number of hydrogen-bond acceptors (Lipinski definition) is 5. The van der Waals surface area contributed by atoms with Gasteiger partial charge in [0, 0.05) is 18.4 Å². The van der Waals surface area contributed by atoms with E-state index in [-0.39, 0.29) is 6.10 Å². The minimum atomic E-state index is -0.623. The van der Waals surface area contributed by atoms with E-state index < -0.39 is 6.10 Å². The molecule has 0 saturated heterocycles. The van der Waals surface area contributed by atoms with Gasteiger partial charge >= 0.3 is 0 Å². The zero-order chi connectivity index (χ0) is 15.2. The molecule has 0 bridgehead atoms. The summed E-state index contributed by atoms with van der Waals surface area (Å²) in [5.41, 5.74) is 1.71. The zero-order valence-electron chi connectivity index (χ0n) is 12.6. The second-order valence-corrected chi connectivity index (χ2v) is 5.15. The van der Waals surface area contributed by atoms with Gasteiger partial charge in [-0.15, -0.1) is 0 Å². The lowest BCUT2D eigenvalue weighted by Gasteiger charge is -2.14. The fourth-order valence-corrected chi connectivity index (χ4v) is 1.88. The van der Waals surface area contributed by atoms with Gasteiger partial charge in [0.1, 0.15) is 5.75 Å². The summed E-state index contributed by atoms with van der Waals surface area (Å²) < 4.78 is 5.57. The minimum Gasteiger partial charge on any atom is -0.491 e. The van der Waals surface area contributed by atoms with Crippen LogP contribution in [-0.2, 0) is 0 Å². The van der Waals surface area contributed by atoms with Crippen LogP contribution >= 0.6 is 0 Å². The molecule has 0 saturated carbocycles. The first-order valence-electron chi connectivity index (χ1n) is 7.03. The fourth-order valence-electron chi connectivity index (χ4n) is 1.88. The topological polar surface area (TPSA) is 67.3 Å². The molecule has 0 aliphatic heterocycles. The van der Waals surface area contributed by atoms with Crippen LogP contribution in [0.4, 0.5) is 5.95 Å². The molecule has 0 aliphatic carbocycles. The van der Waals surface area contributed by atoms with E-state index in [4.69, 9.17) is 4.74 Å². The van der Waals surface area contributed by atoms with Crippen molar-refractivity contribution in [3.05, 3.63) is 47.8 Å². The number of aromatic nitrogens is 2. The van der Waals surface area contributed by atoms with Crippen molar-refractivity contribution in [1.82, 2.24) is 9.97 Å². The highest BCUT2D eigenvalue weighted by molar-refractivity contribution is 5.31. The molecule has 112 valence electrons. The summed E-state index contributed by atoms with van der Waals surface area (Å²) in [7, 11) is 0. The van der Waals surface area contributed by atoms with E-state index in [1.807, 2.05) is 51.1 Å². The Kier molecular flexibility index (Phi) is 5.11. The summed E-state index contributed by atoms with van der Waals surface area (Å²) in [5.74, 6) is 1.32. The van der Waals surface area contributed by atoms with Gasteiger partial charge in [0.05, 0.1) is 12.2 Å². The third-order valence-corrected chi connectivity index (χ3v) is 2.88. The summed E-state index contributed by atoms with van der Waals surface area (Å²) in [6.07, 6.45) is 1.21. The summed E-state index contributed by atoms with van der Waals surface area (Å²) in [4.78, 5) is 8.33. The van der Waals surface area contributed by atoms with Crippen LogP contribution < -0.4 is 10.1 Å². The summed E-state index contributed by atoms with van der Waals surface area (Å²) >= 11 is 0. The Hall–Kier alpha value is -2.14. The largest absolute Gasteiger partial charge is 0.491 e. The van der Waals surface area contributed by atoms with Crippen molar-refractivity contribution in [2.24, 2.45) is 0 Å². The van der Waals surface area contributed by atoms with Crippen molar-refractivity contribution in [2.45, 2.75) is 33.0 Å². The zero-order valence-corrected chi connectivity index (χ0v) is 12.6. The molecule has 2 N–H and O–H groups in total.